The normalized spacial score (nSPS) is 17.5. The number of nitrogens with one attached hydrogen (secondary N) is 2. The third kappa shape index (κ3) is 6.71. The van der Waals surface area contributed by atoms with E-state index >= 15 is 0 Å². The number of alkyl halides is 3. The molecule has 2 aromatic carbocycles. The molecule has 6 rings (SSSR count). The number of carbonyl (C=O) groups excluding carboxylic acids is 2. The summed E-state index contributed by atoms with van der Waals surface area (Å²) >= 11 is 0.704. The molecule has 2 aliphatic heterocycles. The Morgan fingerprint density at radius 1 is 1.00 bits per heavy atom. The first-order valence-corrected chi connectivity index (χ1v) is 17.3. The SMILES string of the molecule is Cc1nc(C(F)(F)F)c(C(=O)N2CCC3(CC2)CNC(=O)c2cccc(c2)S(=O)(=O)Nc2nc(cc(-c4c(C)cccc4C)n2)OC3)s1. The van der Waals surface area contributed by atoms with Gasteiger partial charge in [-0.3, -0.25) is 9.59 Å². The summed E-state index contributed by atoms with van der Waals surface area (Å²) in [7, 11) is -4.21. The van der Waals surface area contributed by atoms with Crippen LogP contribution in [0.2, 0.25) is 0 Å². The largest absolute Gasteiger partial charge is 0.477 e. The van der Waals surface area contributed by atoms with Gasteiger partial charge in [-0.05, 0) is 62.9 Å². The highest BCUT2D eigenvalue weighted by Crippen LogP contribution is 2.38. The highest BCUT2D eigenvalue weighted by atomic mass is 32.2. The van der Waals surface area contributed by atoms with Crippen molar-refractivity contribution in [3.05, 3.63) is 80.8 Å². The van der Waals surface area contributed by atoms with Gasteiger partial charge in [-0.1, -0.05) is 24.3 Å². The lowest BCUT2D eigenvalue weighted by atomic mass is 9.78. The number of aryl methyl sites for hydroxylation is 3. The predicted molar refractivity (Wildman–Crippen MR) is 171 cm³/mol. The number of amides is 2. The number of benzene rings is 2. The van der Waals surface area contributed by atoms with E-state index in [0.29, 0.717) is 17.0 Å². The summed E-state index contributed by atoms with van der Waals surface area (Å²) in [5, 5.41) is 3.01. The molecule has 16 heteroatoms. The number of aromatic nitrogens is 3. The van der Waals surface area contributed by atoms with Crippen LogP contribution in [0.1, 0.15) is 54.7 Å². The highest BCUT2D eigenvalue weighted by molar-refractivity contribution is 7.92. The minimum atomic E-state index is -4.77. The Balaban J connectivity index is 1.35. The van der Waals surface area contributed by atoms with Gasteiger partial charge in [-0.15, -0.1) is 11.3 Å². The summed E-state index contributed by atoms with van der Waals surface area (Å²) in [5.74, 6) is -1.43. The maximum atomic E-state index is 13.6. The number of halogens is 3. The number of likely N-dealkylation sites (tertiary alicyclic amines) is 1. The zero-order chi connectivity index (χ0) is 34.4. The van der Waals surface area contributed by atoms with E-state index in [1.165, 1.54) is 36.1 Å². The first kappa shape index (κ1) is 33.3. The van der Waals surface area contributed by atoms with Crippen LogP contribution in [0.25, 0.3) is 11.3 Å². The number of sulfonamides is 1. The highest BCUT2D eigenvalue weighted by Gasteiger charge is 2.43. The third-order valence-corrected chi connectivity index (χ3v) is 10.8. The van der Waals surface area contributed by atoms with Crippen molar-refractivity contribution < 1.29 is 35.9 Å². The summed E-state index contributed by atoms with van der Waals surface area (Å²) in [4.78, 5) is 39.7. The molecule has 1 saturated heterocycles. The molecule has 4 bridgehead atoms. The molecular weight excluding hydrogens is 670 g/mol. The van der Waals surface area contributed by atoms with Gasteiger partial charge in [-0.2, -0.15) is 18.2 Å². The van der Waals surface area contributed by atoms with E-state index in [4.69, 9.17) is 4.74 Å². The standard InChI is InChI=1S/C32H31F3N6O5S2/c1-18-6-4-7-19(2)25(18)23-15-24-39-30(38-23)40-48(44,45)22-9-5-8-21(14-22)28(42)36-16-31(17-46-24)10-12-41(13-11-31)29(43)26-27(32(33,34)35)37-20(3)47-26/h4-9,14-15H,10-13,16-17H2,1-3H3,(H,36,42)(H,38,39,40). The van der Waals surface area contributed by atoms with E-state index in [-0.39, 0.29) is 66.4 Å². The maximum Gasteiger partial charge on any atom is 0.435 e. The Morgan fingerprint density at radius 2 is 1.69 bits per heavy atom. The van der Waals surface area contributed by atoms with Crippen LogP contribution in [0.15, 0.2) is 53.4 Å². The molecule has 2 amide bonds. The fourth-order valence-electron chi connectivity index (χ4n) is 5.94. The average Bonchev–Trinajstić information content (AvgIpc) is 3.44. The number of fused-ring (bicyclic) bond motifs is 4. The number of hydrogen-bond acceptors (Lipinski definition) is 9. The van der Waals surface area contributed by atoms with Crippen molar-refractivity contribution in [3.63, 3.8) is 0 Å². The Morgan fingerprint density at radius 3 is 2.38 bits per heavy atom. The molecule has 11 nitrogen and oxygen atoms in total. The third-order valence-electron chi connectivity index (χ3n) is 8.53. The van der Waals surface area contributed by atoms with Gasteiger partial charge in [0.2, 0.25) is 11.8 Å². The topological polar surface area (TPSA) is 143 Å². The van der Waals surface area contributed by atoms with Gasteiger partial charge in [0.1, 0.15) is 4.88 Å². The molecule has 0 radical (unpaired) electrons. The molecule has 1 spiro atoms. The van der Waals surface area contributed by atoms with Crippen molar-refractivity contribution >= 4 is 39.1 Å². The summed E-state index contributed by atoms with van der Waals surface area (Å²) in [6, 6.07) is 12.9. The number of anilines is 1. The van der Waals surface area contributed by atoms with E-state index in [1.54, 1.807) is 6.07 Å². The van der Waals surface area contributed by atoms with Crippen LogP contribution in [0.5, 0.6) is 5.88 Å². The predicted octanol–water partition coefficient (Wildman–Crippen LogP) is 5.39. The van der Waals surface area contributed by atoms with Crippen LogP contribution in [-0.4, -0.2) is 66.3 Å². The molecular formula is C32H31F3N6O5S2. The zero-order valence-electron chi connectivity index (χ0n) is 26.1. The quantitative estimate of drug-likeness (QED) is 0.284. The second kappa shape index (κ2) is 12.5. The molecule has 0 saturated carbocycles. The molecule has 4 heterocycles. The molecule has 0 unspecified atom stereocenters. The number of rotatable bonds is 2. The second-order valence-corrected chi connectivity index (χ2v) is 14.9. The molecule has 0 atom stereocenters. The molecule has 2 N–H and O–H groups in total. The fraction of sp³-hybridized carbons (Fsp3) is 0.344. The van der Waals surface area contributed by atoms with E-state index in [9.17, 15) is 31.2 Å². The molecule has 2 aliphatic rings. The summed E-state index contributed by atoms with van der Waals surface area (Å²) < 4.78 is 76.3. The van der Waals surface area contributed by atoms with Crippen LogP contribution in [0.3, 0.4) is 0 Å². The second-order valence-electron chi connectivity index (χ2n) is 12.0. The van der Waals surface area contributed by atoms with Crippen molar-refractivity contribution in [2.75, 3.05) is 31.0 Å². The Bertz CT molecular complexity index is 2000. The summed E-state index contributed by atoms with van der Waals surface area (Å²) in [6.45, 7) is 5.52. The Hall–Kier alpha value is -4.57. The number of hydrogen-bond donors (Lipinski definition) is 2. The first-order chi connectivity index (χ1) is 22.6. The van der Waals surface area contributed by atoms with Crippen molar-refractivity contribution in [3.8, 4) is 17.1 Å². The molecule has 48 heavy (non-hydrogen) atoms. The lowest BCUT2D eigenvalue weighted by Crippen LogP contribution is -2.50. The van der Waals surface area contributed by atoms with Gasteiger partial charge in [0.25, 0.3) is 21.8 Å². The van der Waals surface area contributed by atoms with Crippen molar-refractivity contribution in [2.45, 2.75) is 44.7 Å². The van der Waals surface area contributed by atoms with Crippen molar-refractivity contribution in [1.29, 1.82) is 0 Å². The van der Waals surface area contributed by atoms with E-state index < -0.39 is 44.0 Å². The van der Waals surface area contributed by atoms with Gasteiger partial charge >= 0.3 is 6.18 Å². The number of carbonyl (C=O) groups is 2. The molecule has 4 aromatic rings. The number of piperidine rings is 1. The monoisotopic (exact) mass is 700 g/mol. The lowest BCUT2D eigenvalue weighted by molar-refractivity contribution is -0.141. The molecule has 1 fully saturated rings. The van der Waals surface area contributed by atoms with Crippen LogP contribution in [0, 0.1) is 26.2 Å². The van der Waals surface area contributed by atoms with E-state index in [2.05, 4.69) is 25.0 Å². The molecule has 2 aromatic heterocycles. The van der Waals surface area contributed by atoms with Crippen LogP contribution >= 0.6 is 11.3 Å². The lowest BCUT2D eigenvalue weighted by Gasteiger charge is -2.41. The van der Waals surface area contributed by atoms with Gasteiger partial charge in [0, 0.05) is 42.2 Å². The van der Waals surface area contributed by atoms with Gasteiger partial charge in [-0.25, -0.2) is 23.1 Å². The van der Waals surface area contributed by atoms with E-state index in [0.717, 1.165) is 16.7 Å². The van der Waals surface area contributed by atoms with Crippen LogP contribution in [0.4, 0.5) is 19.1 Å². The molecule has 252 valence electrons. The minimum absolute atomic E-state index is 0.00177. The summed E-state index contributed by atoms with van der Waals surface area (Å²) in [5.41, 5.74) is 1.16. The fourth-order valence-corrected chi connectivity index (χ4v) is 7.83. The van der Waals surface area contributed by atoms with Crippen molar-refractivity contribution in [2.24, 2.45) is 5.41 Å². The number of ether oxygens (including phenoxy) is 1. The maximum absolute atomic E-state index is 13.6. The Labute approximate surface area is 278 Å². The van der Waals surface area contributed by atoms with Gasteiger partial charge < -0.3 is 15.0 Å². The van der Waals surface area contributed by atoms with Crippen LogP contribution < -0.4 is 14.8 Å². The van der Waals surface area contributed by atoms with Crippen molar-refractivity contribution in [1.82, 2.24) is 25.2 Å². The number of thiazole rings is 1. The van der Waals surface area contributed by atoms with Gasteiger partial charge in [0.05, 0.1) is 22.2 Å². The Kier molecular flexibility index (Phi) is 8.66. The number of nitrogens with zero attached hydrogens (tertiary/aromatic N) is 4. The van der Waals surface area contributed by atoms with Gasteiger partial charge in [0.15, 0.2) is 5.69 Å². The smallest absolute Gasteiger partial charge is 0.435 e. The zero-order valence-corrected chi connectivity index (χ0v) is 27.8. The summed E-state index contributed by atoms with van der Waals surface area (Å²) in [6.07, 6.45) is -4.20. The first-order valence-electron chi connectivity index (χ1n) is 15.0. The van der Waals surface area contributed by atoms with Crippen LogP contribution in [-0.2, 0) is 16.2 Å². The molecule has 0 aliphatic carbocycles. The minimum Gasteiger partial charge on any atom is -0.477 e. The van der Waals surface area contributed by atoms with E-state index in [1.807, 2.05) is 32.0 Å². The average molecular weight is 701 g/mol.